The number of aryl methyl sites for hydroxylation is 1. The Morgan fingerprint density at radius 2 is 1.38 bits per heavy atom. The topological polar surface area (TPSA) is 21.7 Å². The third-order valence-corrected chi connectivity index (χ3v) is 12.5. The van der Waals surface area contributed by atoms with Crippen molar-refractivity contribution in [3.8, 4) is 56.4 Å². The zero-order chi connectivity index (χ0) is 34.0. The van der Waals surface area contributed by atoms with Gasteiger partial charge in [-0.2, -0.15) is 0 Å². The summed E-state index contributed by atoms with van der Waals surface area (Å²) in [6.45, 7) is 0. The smallest absolute Gasteiger partial charge is 0.144 e. The van der Waals surface area contributed by atoms with Gasteiger partial charge in [0, 0.05) is 44.9 Å². The molecular weight excluding hydrogens is 635 g/mol. The van der Waals surface area contributed by atoms with Gasteiger partial charge < -0.3 is 14.4 Å². The van der Waals surface area contributed by atoms with E-state index in [9.17, 15) is 0 Å². The van der Waals surface area contributed by atoms with E-state index in [1.165, 1.54) is 61.1 Å². The number of benzene rings is 6. The van der Waals surface area contributed by atoms with Gasteiger partial charge in [0.1, 0.15) is 23.0 Å². The summed E-state index contributed by atoms with van der Waals surface area (Å²) in [5.74, 6) is 3.86. The molecular formula is C49H35NO2. The molecule has 0 aromatic heterocycles. The second-order valence-corrected chi connectivity index (χ2v) is 15.0. The molecule has 52 heavy (non-hydrogen) atoms. The molecule has 3 unspecified atom stereocenters. The van der Waals surface area contributed by atoms with Crippen LogP contribution in [0, 0.1) is 5.41 Å². The summed E-state index contributed by atoms with van der Waals surface area (Å²) >= 11 is 0. The molecule has 1 fully saturated rings. The summed E-state index contributed by atoms with van der Waals surface area (Å²) in [5.41, 5.74) is 14.0. The molecule has 6 aromatic carbocycles. The van der Waals surface area contributed by atoms with Crippen molar-refractivity contribution in [2.75, 3.05) is 4.90 Å². The molecule has 0 bridgehead atoms. The summed E-state index contributed by atoms with van der Waals surface area (Å²) in [5, 5.41) is 2.53. The van der Waals surface area contributed by atoms with Crippen molar-refractivity contribution in [2.45, 2.75) is 37.6 Å². The maximum absolute atomic E-state index is 7.21. The zero-order valence-corrected chi connectivity index (χ0v) is 28.7. The van der Waals surface area contributed by atoms with Gasteiger partial charge in [-0.25, -0.2) is 0 Å². The first-order chi connectivity index (χ1) is 25.8. The van der Waals surface area contributed by atoms with E-state index in [0.29, 0.717) is 0 Å². The maximum Gasteiger partial charge on any atom is 0.144 e. The summed E-state index contributed by atoms with van der Waals surface area (Å²) in [6.07, 6.45) is 20.5. The van der Waals surface area contributed by atoms with Crippen LogP contribution in [0.15, 0.2) is 157 Å². The zero-order valence-electron chi connectivity index (χ0n) is 28.7. The number of anilines is 1. The van der Waals surface area contributed by atoms with Crippen LogP contribution in [0.5, 0.6) is 23.0 Å². The van der Waals surface area contributed by atoms with Crippen LogP contribution in [0.4, 0.5) is 5.69 Å². The molecule has 0 amide bonds. The average Bonchev–Trinajstić information content (AvgIpc) is 3.70. The molecule has 1 aliphatic heterocycles. The van der Waals surface area contributed by atoms with Crippen molar-refractivity contribution in [1.29, 1.82) is 0 Å². The molecule has 0 radical (unpaired) electrons. The number of fused-ring (bicyclic) bond motifs is 6. The Balaban J connectivity index is 1.16. The fourth-order valence-electron chi connectivity index (χ4n) is 10.4. The van der Waals surface area contributed by atoms with Gasteiger partial charge in [0.25, 0.3) is 0 Å². The van der Waals surface area contributed by atoms with Gasteiger partial charge in [0.15, 0.2) is 0 Å². The molecule has 1 heterocycles. The number of rotatable bonds is 5. The van der Waals surface area contributed by atoms with Crippen LogP contribution in [-0.2, 0) is 6.42 Å². The molecule has 12 rings (SSSR count). The van der Waals surface area contributed by atoms with Crippen molar-refractivity contribution in [3.63, 3.8) is 0 Å². The number of nitrogens with zero attached hydrogens (tertiary/aromatic N) is 1. The van der Waals surface area contributed by atoms with Gasteiger partial charge in [-0.05, 0) is 95.3 Å². The van der Waals surface area contributed by atoms with Crippen LogP contribution in [-0.4, -0.2) is 6.04 Å². The van der Waals surface area contributed by atoms with Crippen LogP contribution in [0.25, 0.3) is 44.2 Å². The Morgan fingerprint density at radius 1 is 0.635 bits per heavy atom. The Bertz CT molecular complexity index is 2650. The van der Waals surface area contributed by atoms with E-state index in [-0.39, 0.29) is 17.4 Å². The third kappa shape index (κ3) is 3.65. The van der Waals surface area contributed by atoms with Crippen LogP contribution >= 0.6 is 0 Å². The highest BCUT2D eigenvalue weighted by atomic mass is 16.5. The van der Waals surface area contributed by atoms with Crippen molar-refractivity contribution >= 4 is 16.5 Å². The highest BCUT2D eigenvalue weighted by Gasteiger charge is 2.55. The average molecular weight is 670 g/mol. The Labute approximate surface area is 303 Å². The highest BCUT2D eigenvalue weighted by molar-refractivity contribution is 6.22. The van der Waals surface area contributed by atoms with Gasteiger partial charge in [0.2, 0.25) is 0 Å². The molecule has 1 spiro atoms. The van der Waals surface area contributed by atoms with E-state index in [2.05, 4.69) is 157 Å². The van der Waals surface area contributed by atoms with Gasteiger partial charge in [-0.1, -0.05) is 115 Å². The number of para-hydroxylation sites is 2. The first-order valence-corrected chi connectivity index (χ1v) is 18.7. The standard InChI is InChI=1S/C49H35NO2/c1-3-16-31(17-4-1)51-47-43-34-21-11-14-30-15-12-22-35(41(30)34)44(43)48(52-32-18-5-2-6-19-32)46-37-26-27-38(33-20-13-23-36(42(33)37)45(46)47)50-39-24-7-9-28-49(39)29-10-8-25-40(49)50/h1-11,13-14,16-21,23-28,35,39H,12,15,22,29H2. The number of hydrogen-bond acceptors (Lipinski definition) is 3. The monoisotopic (exact) mass is 669 g/mol. The van der Waals surface area contributed by atoms with E-state index in [1.807, 2.05) is 0 Å². The number of allylic oxidation sites excluding steroid dienone is 5. The lowest BCUT2D eigenvalue weighted by Gasteiger charge is -2.60. The lowest BCUT2D eigenvalue weighted by Crippen LogP contribution is -2.62. The fraction of sp³-hybridized carbons (Fsp3) is 0.143. The second-order valence-electron chi connectivity index (χ2n) is 15.0. The van der Waals surface area contributed by atoms with Gasteiger partial charge in [-0.3, -0.25) is 0 Å². The first kappa shape index (κ1) is 28.6. The van der Waals surface area contributed by atoms with Crippen LogP contribution in [0.3, 0.4) is 0 Å². The molecule has 6 aliphatic rings. The molecule has 3 atom stereocenters. The molecule has 0 saturated carbocycles. The molecule has 248 valence electrons. The largest absolute Gasteiger partial charge is 0.456 e. The van der Waals surface area contributed by atoms with E-state index >= 15 is 0 Å². The quantitative estimate of drug-likeness (QED) is 0.182. The summed E-state index contributed by atoms with van der Waals surface area (Å²) in [4.78, 5) is 2.57. The SMILES string of the molecule is C1=CCC23C=CC=CC2N(c2ccc4c5c(cccc25)-c2c(Oc5ccccc5)c5c(c(Oc6ccccc6)c2-4)C2CCCc4cccc-5c42)C3=C1. The predicted octanol–water partition coefficient (Wildman–Crippen LogP) is 12.7. The van der Waals surface area contributed by atoms with E-state index in [0.717, 1.165) is 59.8 Å². The van der Waals surface area contributed by atoms with Crippen LogP contribution in [0.2, 0.25) is 0 Å². The van der Waals surface area contributed by atoms with Crippen molar-refractivity contribution in [3.05, 3.63) is 174 Å². The third-order valence-electron chi connectivity index (χ3n) is 12.5. The van der Waals surface area contributed by atoms with E-state index in [4.69, 9.17) is 9.47 Å². The molecule has 0 N–H and O–H groups in total. The minimum atomic E-state index is 0.0374. The second kappa shape index (κ2) is 10.5. The predicted molar refractivity (Wildman–Crippen MR) is 210 cm³/mol. The normalized spacial score (nSPS) is 21.8. The Kier molecular flexibility index (Phi) is 5.77. The number of hydrogen-bond donors (Lipinski definition) is 0. The van der Waals surface area contributed by atoms with Crippen molar-refractivity contribution < 1.29 is 9.47 Å². The molecule has 3 nitrogen and oxygen atoms in total. The molecule has 1 saturated heterocycles. The van der Waals surface area contributed by atoms with Crippen molar-refractivity contribution in [1.82, 2.24) is 0 Å². The van der Waals surface area contributed by atoms with Gasteiger partial charge in [-0.15, -0.1) is 0 Å². The minimum Gasteiger partial charge on any atom is -0.456 e. The lowest BCUT2D eigenvalue weighted by atomic mass is 9.62. The lowest BCUT2D eigenvalue weighted by molar-refractivity contribution is 0.298. The van der Waals surface area contributed by atoms with Gasteiger partial charge in [0.05, 0.1) is 11.5 Å². The highest BCUT2D eigenvalue weighted by Crippen LogP contribution is 2.67. The maximum atomic E-state index is 7.21. The van der Waals surface area contributed by atoms with E-state index in [1.54, 1.807) is 0 Å². The van der Waals surface area contributed by atoms with Crippen LogP contribution < -0.4 is 14.4 Å². The first-order valence-electron chi connectivity index (χ1n) is 18.7. The molecule has 6 aromatic rings. The summed E-state index contributed by atoms with van der Waals surface area (Å²) in [7, 11) is 0. The Morgan fingerprint density at radius 3 is 2.23 bits per heavy atom. The van der Waals surface area contributed by atoms with E-state index < -0.39 is 0 Å². The minimum absolute atomic E-state index is 0.0374. The Hall–Kier alpha value is -6.06. The number of ether oxygens (including phenoxy) is 2. The molecule has 5 aliphatic carbocycles. The van der Waals surface area contributed by atoms with Gasteiger partial charge >= 0.3 is 0 Å². The van der Waals surface area contributed by atoms with Crippen LogP contribution in [0.1, 0.15) is 41.9 Å². The summed E-state index contributed by atoms with van der Waals surface area (Å²) in [6, 6.07) is 39.4. The van der Waals surface area contributed by atoms with Crippen molar-refractivity contribution in [2.24, 2.45) is 5.41 Å². The molecule has 3 heteroatoms. The fourth-order valence-corrected chi connectivity index (χ4v) is 10.4. The summed E-state index contributed by atoms with van der Waals surface area (Å²) < 4.78 is 14.4.